The Labute approximate surface area is 173 Å². The molecular weight excluding hydrogens is 391 g/mol. The van der Waals surface area contributed by atoms with Crippen molar-refractivity contribution in [1.29, 1.82) is 0 Å². The molecule has 2 aliphatic heterocycles. The maximum Gasteiger partial charge on any atom is 0.273 e. The van der Waals surface area contributed by atoms with Crippen LogP contribution in [0.2, 0.25) is 0 Å². The Bertz CT molecular complexity index is 565. The maximum absolute atomic E-state index is 12.3. The lowest BCUT2D eigenvalue weighted by Gasteiger charge is -2.33. The van der Waals surface area contributed by atoms with Crippen molar-refractivity contribution in [2.24, 2.45) is 5.92 Å². The van der Waals surface area contributed by atoms with Gasteiger partial charge in [-0.15, -0.1) is 29.9 Å². The molecule has 3 heterocycles. The molecule has 1 aromatic rings. The van der Waals surface area contributed by atoms with Gasteiger partial charge in [0.25, 0.3) is 5.91 Å². The number of hydrogen-bond acceptors (Lipinski definition) is 6. The zero-order valence-electron chi connectivity index (χ0n) is 16.1. The van der Waals surface area contributed by atoms with Crippen molar-refractivity contribution in [3.05, 3.63) is 11.9 Å². The predicted octanol–water partition coefficient (Wildman–Crippen LogP) is 1.13. The zero-order chi connectivity index (χ0) is 17.6. The molecule has 2 aliphatic rings. The van der Waals surface area contributed by atoms with E-state index in [9.17, 15) is 4.79 Å². The highest BCUT2D eigenvalue weighted by Crippen LogP contribution is 2.17. The minimum Gasteiger partial charge on any atom is -0.374 e. The Morgan fingerprint density at radius 3 is 2.81 bits per heavy atom. The van der Waals surface area contributed by atoms with E-state index in [1.807, 2.05) is 4.68 Å². The summed E-state index contributed by atoms with van der Waals surface area (Å²) in [5, 5.41) is 14.4. The Hall–Kier alpha value is -0.930. The van der Waals surface area contributed by atoms with Gasteiger partial charge in [-0.1, -0.05) is 19.1 Å². The van der Waals surface area contributed by atoms with Gasteiger partial charge in [-0.05, 0) is 31.8 Å². The van der Waals surface area contributed by atoms with Gasteiger partial charge in [-0.3, -0.25) is 9.69 Å². The number of rotatable bonds is 6. The molecule has 0 spiro atoms. The number of amides is 1. The minimum atomic E-state index is -0.176. The van der Waals surface area contributed by atoms with E-state index >= 15 is 0 Å². The van der Waals surface area contributed by atoms with Crippen LogP contribution >= 0.6 is 24.8 Å². The van der Waals surface area contributed by atoms with E-state index in [-0.39, 0.29) is 36.8 Å². The molecule has 1 unspecified atom stereocenters. The Morgan fingerprint density at radius 1 is 1.37 bits per heavy atom. The first-order valence-corrected chi connectivity index (χ1v) is 9.36. The normalized spacial score (nSPS) is 21.4. The molecule has 0 saturated carbocycles. The highest BCUT2D eigenvalue weighted by molar-refractivity contribution is 5.91. The fourth-order valence-corrected chi connectivity index (χ4v) is 3.51. The number of carbonyl (C=O) groups is 1. The van der Waals surface area contributed by atoms with Crippen molar-refractivity contribution >= 4 is 30.7 Å². The van der Waals surface area contributed by atoms with Crippen molar-refractivity contribution in [2.45, 2.75) is 38.8 Å². The minimum absolute atomic E-state index is 0. The van der Waals surface area contributed by atoms with E-state index in [2.05, 4.69) is 39.7 Å². The number of halogens is 2. The van der Waals surface area contributed by atoms with Crippen LogP contribution in [-0.4, -0.2) is 77.8 Å². The summed E-state index contributed by atoms with van der Waals surface area (Å²) in [6, 6.07) is 0.335. The van der Waals surface area contributed by atoms with Crippen LogP contribution in [0.5, 0.6) is 0 Å². The Balaban J connectivity index is 0.00000182. The summed E-state index contributed by atoms with van der Waals surface area (Å²) in [6.45, 7) is 10.5. The summed E-state index contributed by atoms with van der Waals surface area (Å²) in [5.41, 5.74) is 0.383. The number of aromatic nitrogens is 3. The molecule has 3 rings (SSSR count). The molecule has 8 nitrogen and oxygen atoms in total. The topological polar surface area (TPSA) is 84.3 Å². The summed E-state index contributed by atoms with van der Waals surface area (Å²) in [4.78, 5) is 14.7. The van der Waals surface area contributed by atoms with E-state index in [0.29, 0.717) is 24.2 Å². The van der Waals surface area contributed by atoms with Crippen molar-refractivity contribution in [3.63, 3.8) is 0 Å². The largest absolute Gasteiger partial charge is 0.374 e. The number of ether oxygens (including phenoxy) is 1. The lowest BCUT2D eigenvalue weighted by molar-refractivity contribution is -0.0295. The second-order valence-corrected chi connectivity index (χ2v) is 7.42. The van der Waals surface area contributed by atoms with Crippen LogP contribution in [0.25, 0.3) is 0 Å². The third-order valence-electron chi connectivity index (χ3n) is 4.76. The van der Waals surface area contributed by atoms with Crippen LogP contribution in [-0.2, 0) is 4.74 Å². The lowest BCUT2D eigenvalue weighted by Crippen LogP contribution is -2.48. The third kappa shape index (κ3) is 7.19. The zero-order valence-corrected chi connectivity index (χ0v) is 17.7. The number of hydrogen-bond donors (Lipinski definition) is 2. The maximum atomic E-state index is 12.3. The average molecular weight is 423 g/mol. The molecule has 2 N–H and O–H groups in total. The standard InChI is InChI=1S/C17H30N6O2.2ClH/c1-13(2)10-22-7-8-25-15(11-22)9-19-17(24)16-12-23(21-20-16)14-3-5-18-6-4-14;;/h12-15,18H,3-11H2,1-2H3,(H,19,24);2*1H. The summed E-state index contributed by atoms with van der Waals surface area (Å²) < 4.78 is 7.60. The van der Waals surface area contributed by atoms with Crippen molar-refractivity contribution in [3.8, 4) is 0 Å². The Morgan fingerprint density at radius 2 is 2.11 bits per heavy atom. The number of nitrogens with zero attached hydrogens (tertiary/aromatic N) is 4. The molecule has 156 valence electrons. The molecule has 2 saturated heterocycles. The van der Waals surface area contributed by atoms with E-state index in [1.54, 1.807) is 6.20 Å². The summed E-state index contributed by atoms with van der Waals surface area (Å²) >= 11 is 0. The van der Waals surface area contributed by atoms with E-state index in [1.165, 1.54) is 0 Å². The number of morpholine rings is 1. The van der Waals surface area contributed by atoms with Crippen molar-refractivity contribution in [2.75, 3.05) is 45.9 Å². The fourth-order valence-electron chi connectivity index (χ4n) is 3.51. The molecule has 1 amide bonds. The third-order valence-corrected chi connectivity index (χ3v) is 4.76. The van der Waals surface area contributed by atoms with Gasteiger partial charge in [0.2, 0.25) is 0 Å². The van der Waals surface area contributed by atoms with Crippen LogP contribution in [0, 0.1) is 5.92 Å². The highest BCUT2D eigenvalue weighted by Gasteiger charge is 2.23. The van der Waals surface area contributed by atoms with Crippen molar-refractivity contribution in [1.82, 2.24) is 30.5 Å². The molecule has 0 bridgehead atoms. The molecule has 0 radical (unpaired) electrons. The molecule has 0 aromatic carbocycles. The first-order valence-electron chi connectivity index (χ1n) is 9.36. The van der Waals surface area contributed by atoms with Crippen LogP contribution in [0.3, 0.4) is 0 Å². The monoisotopic (exact) mass is 422 g/mol. The van der Waals surface area contributed by atoms with Gasteiger partial charge in [0.1, 0.15) is 0 Å². The second-order valence-electron chi connectivity index (χ2n) is 7.42. The summed E-state index contributed by atoms with van der Waals surface area (Å²) in [6.07, 6.45) is 3.84. The first kappa shape index (κ1) is 24.1. The van der Waals surface area contributed by atoms with Gasteiger partial charge in [-0.25, -0.2) is 4.68 Å². The van der Waals surface area contributed by atoms with Crippen molar-refractivity contribution < 1.29 is 9.53 Å². The number of carbonyl (C=O) groups excluding carboxylic acids is 1. The van der Waals surface area contributed by atoms with Gasteiger partial charge in [-0.2, -0.15) is 0 Å². The van der Waals surface area contributed by atoms with Crippen LogP contribution < -0.4 is 10.6 Å². The van der Waals surface area contributed by atoms with Crippen LogP contribution in [0.15, 0.2) is 6.20 Å². The molecule has 1 aromatic heterocycles. The smallest absolute Gasteiger partial charge is 0.273 e. The van der Waals surface area contributed by atoms with E-state index in [0.717, 1.165) is 52.2 Å². The van der Waals surface area contributed by atoms with Gasteiger partial charge < -0.3 is 15.4 Å². The van der Waals surface area contributed by atoms with Gasteiger partial charge >= 0.3 is 0 Å². The van der Waals surface area contributed by atoms with E-state index in [4.69, 9.17) is 4.74 Å². The fraction of sp³-hybridized carbons (Fsp3) is 0.824. The average Bonchev–Trinajstić information content (AvgIpc) is 3.10. The van der Waals surface area contributed by atoms with Crippen LogP contribution in [0.1, 0.15) is 43.2 Å². The first-order chi connectivity index (χ1) is 12.1. The lowest BCUT2D eigenvalue weighted by atomic mass is 10.1. The van der Waals surface area contributed by atoms with Gasteiger partial charge in [0, 0.05) is 26.2 Å². The van der Waals surface area contributed by atoms with Gasteiger partial charge in [0.05, 0.1) is 24.9 Å². The molecule has 0 aliphatic carbocycles. The van der Waals surface area contributed by atoms with E-state index < -0.39 is 0 Å². The molecular formula is C17H32Cl2N6O2. The summed E-state index contributed by atoms with van der Waals surface area (Å²) in [5.74, 6) is 0.461. The molecule has 10 heteroatoms. The quantitative estimate of drug-likeness (QED) is 0.714. The molecule has 27 heavy (non-hydrogen) atoms. The summed E-state index contributed by atoms with van der Waals surface area (Å²) in [7, 11) is 0. The SMILES string of the molecule is CC(C)CN1CCOC(CNC(=O)c2cn(C3CCNCC3)nn2)C1.Cl.Cl. The Kier molecular flexibility index (Phi) is 10.5. The second kappa shape index (κ2) is 11.8. The molecule has 1 atom stereocenters. The number of piperidine rings is 1. The highest BCUT2D eigenvalue weighted by atomic mass is 35.5. The van der Waals surface area contributed by atoms with Gasteiger partial charge in [0.15, 0.2) is 5.69 Å². The van der Waals surface area contributed by atoms with Crippen LogP contribution in [0.4, 0.5) is 0 Å². The number of nitrogens with one attached hydrogen (secondary N) is 2. The predicted molar refractivity (Wildman–Crippen MR) is 109 cm³/mol. The molecule has 2 fully saturated rings.